The Bertz CT molecular complexity index is 933. The number of methoxy groups -OCH3 is 1. The molecule has 1 amide bonds. The van der Waals surface area contributed by atoms with Crippen molar-refractivity contribution in [3.05, 3.63) is 78.0 Å². The van der Waals surface area contributed by atoms with Crippen LogP contribution in [0.25, 0.3) is 0 Å². The Morgan fingerprint density at radius 1 is 1.11 bits per heavy atom. The lowest BCUT2D eigenvalue weighted by atomic mass is 10.1. The Morgan fingerprint density at radius 2 is 1.96 bits per heavy atom. The van der Waals surface area contributed by atoms with Crippen molar-refractivity contribution in [1.29, 1.82) is 0 Å². The van der Waals surface area contributed by atoms with E-state index < -0.39 is 11.7 Å². The highest BCUT2D eigenvalue weighted by Gasteiger charge is 2.09. The molecule has 0 fully saturated rings. The summed E-state index contributed by atoms with van der Waals surface area (Å²) in [7, 11) is 1.63. The number of nitrogens with zero attached hydrogens (tertiary/aromatic N) is 2. The van der Waals surface area contributed by atoms with Gasteiger partial charge in [0.2, 0.25) is 0 Å². The van der Waals surface area contributed by atoms with Crippen molar-refractivity contribution < 1.29 is 13.9 Å². The van der Waals surface area contributed by atoms with Gasteiger partial charge >= 0.3 is 0 Å². The first-order chi connectivity index (χ1) is 13.1. The van der Waals surface area contributed by atoms with Crippen LogP contribution in [-0.4, -0.2) is 29.5 Å². The van der Waals surface area contributed by atoms with Crippen LogP contribution in [0, 0.1) is 5.82 Å². The van der Waals surface area contributed by atoms with Crippen molar-refractivity contribution in [3.63, 3.8) is 0 Å². The highest BCUT2D eigenvalue weighted by molar-refractivity contribution is 6.03. The quantitative estimate of drug-likeness (QED) is 0.669. The molecule has 0 saturated carbocycles. The van der Waals surface area contributed by atoms with Crippen molar-refractivity contribution in [1.82, 2.24) is 9.97 Å². The van der Waals surface area contributed by atoms with Gasteiger partial charge in [-0.1, -0.05) is 18.2 Å². The number of anilines is 2. The zero-order valence-corrected chi connectivity index (χ0v) is 14.8. The van der Waals surface area contributed by atoms with Gasteiger partial charge in [-0.05, 0) is 42.3 Å². The number of halogens is 1. The van der Waals surface area contributed by atoms with Gasteiger partial charge in [-0.25, -0.2) is 14.4 Å². The van der Waals surface area contributed by atoms with Crippen molar-refractivity contribution >= 4 is 17.4 Å². The SMILES string of the molecule is COc1cccc(CCNc2cc(C(=O)Nc3cccc(F)c3)ncn2)c1. The summed E-state index contributed by atoms with van der Waals surface area (Å²) >= 11 is 0. The Balaban J connectivity index is 1.58. The maximum absolute atomic E-state index is 13.2. The highest BCUT2D eigenvalue weighted by Crippen LogP contribution is 2.14. The van der Waals surface area contributed by atoms with E-state index in [0.29, 0.717) is 18.1 Å². The van der Waals surface area contributed by atoms with E-state index >= 15 is 0 Å². The molecule has 0 spiro atoms. The summed E-state index contributed by atoms with van der Waals surface area (Å²) < 4.78 is 18.4. The van der Waals surface area contributed by atoms with E-state index in [-0.39, 0.29) is 5.69 Å². The molecule has 0 saturated heterocycles. The molecule has 6 nitrogen and oxygen atoms in total. The van der Waals surface area contributed by atoms with E-state index in [0.717, 1.165) is 17.7 Å². The van der Waals surface area contributed by atoms with E-state index in [4.69, 9.17) is 4.74 Å². The Hall–Kier alpha value is -3.48. The Labute approximate surface area is 156 Å². The summed E-state index contributed by atoms with van der Waals surface area (Å²) in [6.07, 6.45) is 2.08. The van der Waals surface area contributed by atoms with Gasteiger partial charge in [0.1, 0.15) is 29.4 Å². The minimum atomic E-state index is -0.432. The third-order valence-electron chi connectivity index (χ3n) is 3.84. The fraction of sp³-hybridized carbons (Fsp3) is 0.150. The molecule has 2 N–H and O–H groups in total. The molecule has 0 bridgehead atoms. The maximum Gasteiger partial charge on any atom is 0.274 e. The fourth-order valence-corrected chi connectivity index (χ4v) is 2.50. The third kappa shape index (κ3) is 5.24. The minimum Gasteiger partial charge on any atom is -0.497 e. The molecule has 2 aromatic carbocycles. The highest BCUT2D eigenvalue weighted by atomic mass is 19.1. The molecule has 138 valence electrons. The van der Waals surface area contributed by atoms with Crippen LogP contribution in [0.1, 0.15) is 16.1 Å². The Morgan fingerprint density at radius 3 is 2.78 bits per heavy atom. The van der Waals surface area contributed by atoms with Crippen molar-refractivity contribution in [2.75, 3.05) is 24.3 Å². The number of aromatic nitrogens is 2. The molecule has 7 heteroatoms. The first-order valence-corrected chi connectivity index (χ1v) is 8.40. The number of benzene rings is 2. The molecule has 0 unspecified atom stereocenters. The van der Waals surface area contributed by atoms with Gasteiger partial charge in [-0.3, -0.25) is 4.79 Å². The third-order valence-corrected chi connectivity index (χ3v) is 3.84. The lowest BCUT2D eigenvalue weighted by Gasteiger charge is -2.08. The predicted octanol–water partition coefficient (Wildman–Crippen LogP) is 3.53. The molecule has 0 radical (unpaired) electrons. The lowest BCUT2D eigenvalue weighted by Crippen LogP contribution is -2.15. The number of nitrogens with one attached hydrogen (secondary N) is 2. The lowest BCUT2D eigenvalue weighted by molar-refractivity contribution is 0.102. The second-order valence-corrected chi connectivity index (χ2v) is 5.78. The van der Waals surface area contributed by atoms with Crippen LogP contribution >= 0.6 is 0 Å². The van der Waals surface area contributed by atoms with Gasteiger partial charge < -0.3 is 15.4 Å². The summed E-state index contributed by atoms with van der Waals surface area (Å²) in [6.45, 7) is 0.634. The van der Waals surface area contributed by atoms with Gasteiger partial charge in [0, 0.05) is 18.3 Å². The molecule has 27 heavy (non-hydrogen) atoms. The van der Waals surface area contributed by atoms with Crippen LogP contribution in [0.5, 0.6) is 5.75 Å². The van der Waals surface area contributed by atoms with Crippen LogP contribution in [0.2, 0.25) is 0 Å². The van der Waals surface area contributed by atoms with E-state index in [1.54, 1.807) is 19.2 Å². The van der Waals surface area contributed by atoms with Gasteiger partial charge in [-0.2, -0.15) is 0 Å². The van der Waals surface area contributed by atoms with Gasteiger partial charge in [0.15, 0.2) is 0 Å². The van der Waals surface area contributed by atoms with E-state index in [2.05, 4.69) is 20.6 Å². The topological polar surface area (TPSA) is 76.1 Å². The normalized spacial score (nSPS) is 10.3. The van der Waals surface area contributed by atoms with Crippen LogP contribution in [0.15, 0.2) is 60.9 Å². The van der Waals surface area contributed by atoms with Gasteiger partial charge in [0.25, 0.3) is 5.91 Å². The molecule has 1 aromatic heterocycles. The van der Waals surface area contributed by atoms with Gasteiger partial charge in [-0.15, -0.1) is 0 Å². The molecule has 0 aliphatic heterocycles. The molecule has 3 aromatic rings. The van der Waals surface area contributed by atoms with Crippen LogP contribution in [0.4, 0.5) is 15.9 Å². The average Bonchev–Trinajstić information content (AvgIpc) is 2.68. The molecular formula is C20H19FN4O2. The fourth-order valence-electron chi connectivity index (χ4n) is 2.50. The number of hydrogen-bond acceptors (Lipinski definition) is 5. The number of rotatable bonds is 7. The summed E-state index contributed by atoms with van der Waals surface area (Å²) in [5.41, 5.74) is 1.68. The average molecular weight is 366 g/mol. The smallest absolute Gasteiger partial charge is 0.274 e. The van der Waals surface area contributed by atoms with E-state index in [1.165, 1.54) is 24.5 Å². The van der Waals surface area contributed by atoms with Gasteiger partial charge in [0.05, 0.1) is 7.11 Å². The second-order valence-electron chi connectivity index (χ2n) is 5.78. The first kappa shape index (κ1) is 18.3. The number of ether oxygens (including phenoxy) is 1. The number of carbonyl (C=O) groups excluding carboxylic acids is 1. The van der Waals surface area contributed by atoms with Crippen molar-refractivity contribution in [2.24, 2.45) is 0 Å². The summed E-state index contributed by atoms with van der Waals surface area (Å²) in [4.78, 5) is 20.4. The van der Waals surface area contributed by atoms with Crippen molar-refractivity contribution in [3.8, 4) is 5.75 Å². The Kier molecular flexibility index (Phi) is 5.94. The predicted molar refractivity (Wildman–Crippen MR) is 102 cm³/mol. The monoisotopic (exact) mass is 366 g/mol. The standard InChI is InChI=1S/C20H19FN4O2/c1-27-17-7-2-4-14(10-17)8-9-22-19-12-18(23-13-24-19)20(26)25-16-6-3-5-15(21)11-16/h2-7,10-13H,8-9H2,1H3,(H,25,26)(H,22,23,24). The molecule has 1 heterocycles. The van der Waals surface area contributed by atoms with Crippen LogP contribution in [0.3, 0.4) is 0 Å². The number of carbonyl (C=O) groups is 1. The molecule has 0 aliphatic carbocycles. The maximum atomic E-state index is 13.2. The zero-order valence-electron chi connectivity index (χ0n) is 14.8. The molecule has 0 atom stereocenters. The number of hydrogen-bond donors (Lipinski definition) is 2. The molecule has 0 aliphatic rings. The number of amides is 1. The molecule has 3 rings (SSSR count). The largest absolute Gasteiger partial charge is 0.497 e. The first-order valence-electron chi connectivity index (χ1n) is 8.40. The van der Waals surface area contributed by atoms with Crippen LogP contribution in [-0.2, 0) is 6.42 Å². The van der Waals surface area contributed by atoms with E-state index in [1.807, 2.05) is 24.3 Å². The molecular weight excluding hydrogens is 347 g/mol. The zero-order chi connectivity index (χ0) is 19.1. The summed E-state index contributed by atoms with van der Waals surface area (Å²) in [6, 6.07) is 15.1. The summed E-state index contributed by atoms with van der Waals surface area (Å²) in [5.74, 6) is 0.498. The van der Waals surface area contributed by atoms with E-state index in [9.17, 15) is 9.18 Å². The minimum absolute atomic E-state index is 0.193. The van der Waals surface area contributed by atoms with Crippen molar-refractivity contribution in [2.45, 2.75) is 6.42 Å². The summed E-state index contributed by atoms with van der Waals surface area (Å²) in [5, 5.41) is 5.78. The second kappa shape index (κ2) is 8.75. The van der Waals surface area contributed by atoms with Crippen LogP contribution < -0.4 is 15.4 Å².